The first-order valence-corrected chi connectivity index (χ1v) is 4.05. The molecule has 15 heavy (non-hydrogen) atoms. The molecule has 0 heterocycles. The van der Waals surface area contributed by atoms with Gasteiger partial charge < -0.3 is 16.2 Å². The number of carbonyl (C=O) groups excluding carboxylic acids is 2. The summed E-state index contributed by atoms with van der Waals surface area (Å²) in [5.41, 5.74) is 13.3. The molecule has 0 aromatic heterocycles. The molecule has 0 aromatic rings. The Labute approximate surface area is 85.9 Å². The van der Waals surface area contributed by atoms with Gasteiger partial charge in [-0.25, -0.2) is 20.5 Å². The van der Waals surface area contributed by atoms with Crippen LogP contribution in [-0.2, 0) is 14.4 Å². The third kappa shape index (κ3) is 12.4. The van der Waals surface area contributed by atoms with Gasteiger partial charge >= 0.3 is 12.1 Å². The summed E-state index contributed by atoms with van der Waals surface area (Å²) in [6, 6.07) is -1.55. The predicted octanol–water partition coefficient (Wildman–Crippen LogP) is -1.80. The summed E-state index contributed by atoms with van der Waals surface area (Å²) in [6.45, 7) is 0.818. The highest BCUT2D eigenvalue weighted by Gasteiger charge is 1.93. The van der Waals surface area contributed by atoms with E-state index in [2.05, 4.69) is 9.68 Å². The average molecular weight is 222 g/mol. The minimum absolute atomic E-state index is 0.159. The Hall–Kier alpha value is -1.58. The van der Waals surface area contributed by atoms with Gasteiger partial charge in [-0.1, -0.05) is 0 Å². The molecule has 0 aliphatic carbocycles. The normalized spacial score (nSPS) is 9.60. The summed E-state index contributed by atoms with van der Waals surface area (Å²) >= 11 is 0. The van der Waals surface area contributed by atoms with Crippen molar-refractivity contribution in [2.75, 3.05) is 26.4 Å². The Morgan fingerprint density at radius 2 is 1.27 bits per heavy atom. The van der Waals surface area contributed by atoms with Crippen LogP contribution in [0, 0.1) is 0 Å². The minimum Gasteiger partial charge on any atom is -0.376 e. The lowest BCUT2D eigenvalue weighted by molar-refractivity contribution is -0.0189. The van der Waals surface area contributed by atoms with Gasteiger partial charge in [-0.3, -0.25) is 9.68 Å². The Morgan fingerprint density at radius 1 is 0.867 bits per heavy atom. The zero-order valence-corrected chi connectivity index (χ0v) is 8.02. The van der Waals surface area contributed by atoms with Gasteiger partial charge in [-0.2, -0.15) is 0 Å². The molecule has 0 bridgehead atoms. The van der Waals surface area contributed by atoms with E-state index in [0.717, 1.165) is 0 Å². The van der Waals surface area contributed by atoms with E-state index < -0.39 is 12.1 Å². The van der Waals surface area contributed by atoms with Crippen molar-refractivity contribution in [1.82, 2.24) is 11.0 Å². The van der Waals surface area contributed by atoms with E-state index in [1.54, 1.807) is 0 Å². The van der Waals surface area contributed by atoms with Crippen molar-refractivity contribution in [1.29, 1.82) is 0 Å². The van der Waals surface area contributed by atoms with Crippen molar-refractivity contribution >= 4 is 12.1 Å². The van der Waals surface area contributed by atoms with Gasteiger partial charge in [0.15, 0.2) is 0 Å². The van der Waals surface area contributed by atoms with Crippen LogP contribution in [-0.4, -0.2) is 38.5 Å². The standard InChI is InChI=1S/C6H14N4O5/c7-5(11)9-14-3-1-13-2-4-15-10-6(8)12/h1-4H2,(H3,7,9,11)(H3,8,10,12). The van der Waals surface area contributed by atoms with Gasteiger partial charge in [0.2, 0.25) is 0 Å². The highest BCUT2D eigenvalue weighted by atomic mass is 16.7. The van der Waals surface area contributed by atoms with Gasteiger partial charge in [0, 0.05) is 0 Å². The molecule has 0 aliphatic heterocycles. The smallest absolute Gasteiger partial charge is 0.336 e. The lowest BCUT2D eigenvalue weighted by atomic mass is 10.7. The molecular formula is C6H14N4O5. The summed E-state index contributed by atoms with van der Waals surface area (Å²) in [7, 11) is 0. The maximum absolute atomic E-state index is 10.1. The molecule has 0 atom stereocenters. The number of urea groups is 2. The van der Waals surface area contributed by atoms with Crippen LogP contribution in [0.2, 0.25) is 0 Å². The minimum atomic E-state index is -0.774. The number of primary amides is 2. The number of hydroxylamine groups is 2. The van der Waals surface area contributed by atoms with Crippen LogP contribution in [0.15, 0.2) is 0 Å². The first-order chi connectivity index (χ1) is 7.13. The molecule has 0 saturated heterocycles. The van der Waals surface area contributed by atoms with Crippen molar-refractivity contribution in [3.05, 3.63) is 0 Å². The second-order valence-electron chi connectivity index (χ2n) is 2.24. The Balaban J connectivity index is 2.99. The third-order valence-electron chi connectivity index (χ3n) is 1.00. The monoisotopic (exact) mass is 222 g/mol. The molecule has 0 saturated carbocycles. The number of hydrogen-bond donors (Lipinski definition) is 4. The molecule has 0 fully saturated rings. The van der Waals surface area contributed by atoms with Crippen molar-refractivity contribution < 1.29 is 24.0 Å². The van der Waals surface area contributed by atoms with Crippen LogP contribution < -0.4 is 22.4 Å². The van der Waals surface area contributed by atoms with Gasteiger partial charge in [-0.05, 0) is 0 Å². The molecule has 0 radical (unpaired) electrons. The number of nitrogens with one attached hydrogen (secondary N) is 2. The van der Waals surface area contributed by atoms with Gasteiger partial charge in [0.05, 0.1) is 26.4 Å². The van der Waals surface area contributed by atoms with Crippen LogP contribution in [0.3, 0.4) is 0 Å². The fourth-order valence-corrected chi connectivity index (χ4v) is 0.548. The molecular weight excluding hydrogens is 208 g/mol. The van der Waals surface area contributed by atoms with Crippen LogP contribution in [0.4, 0.5) is 9.59 Å². The molecule has 0 unspecified atom stereocenters. The van der Waals surface area contributed by atoms with E-state index in [0.29, 0.717) is 0 Å². The second kappa shape index (κ2) is 8.99. The highest BCUT2D eigenvalue weighted by Crippen LogP contribution is 1.77. The molecule has 0 aliphatic rings. The van der Waals surface area contributed by atoms with E-state index >= 15 is 0 Å². The molecule has 6 N–H and O–H groups in total. The number of amides is 4. The van der Waals surface area contributed by atoms with Gasteiger partial charge in [-0.15, -0.1) is 0 Å². The summed E-state index contributed by atoms with van der Waals surface area (Å²) in [4.78, 5) is 29.3. The largest absolute Gasteiger partial charge is 0.376 e. The Kier molecular flexibility index (Phi) is 8.05. The van der Waals surface area contributed by atoms with Crippen LogP contribution in [0.1, 0.15) is 0 Å². The number of rotatable bonds is 8. The second-order valence-corrected chi connectivity index (χ2v) is 2.24. The van der Waals surface area contributed by atoms with Crippen molar-refractivity contribution in [2.24, 2.45) is 11.5 Å². The molecule has 0 spiro atoms. The van der Waals surface area contributed by atoms with Crippen molar-refractivity contribution in [3.8, 4) is 0 Å². The average Bonchev–Trinajstić information content (AvgIpc) is 2.14. The van der Waals surface area contributed by atoms with Gasteiger partial charge in [0.25, 0.3) is 0 Å². The fourth-order valence-electron chi connectivity index (χ4n) is 0.548. The molecule has 0 aromatic carbocycles. The lowest BCUT2D eigenvalue weighted by Gasteiger charge is -2.05. The van der Waals surface area contributed by atoms with Crippen LogP contribution in [0.5, 0.6) is 0 Å². The zero-order valence-electron chi connectivity index (χ0n) is 8.02. The number of nitrogens with two attached hydrogens (primary N) is 2. The quantitative estimate of drug-likeness (QED) is 0.283. The first-order valence-electron chi connectivity index (χ1n) is 4.05. The summed E-state index contributed by atoms with van der Waals surface area (Å²) < 4.78 is 4.96. The molecule has 9 heteroatoms. The van der Waals surface area contributed by atoms with E-state index in [-0.39, 0.29) is 26.4 Å². The Morgan fingerprint density at radius 3 is 1.60 bits per heavy atom. The number of carbonyl (C=O) groups is 2. The van der Waals surface area contributed by atoms with E-state index in [4.69, 9.17) is 16.2 Å². The van der Waals surface area contributed by atoms with E-state index in [1.165, 1.54) is 0 Å². The lowest BCUT2D eigenvalue weighted by Crippen LogP contribution is -2.31. The molecule has 9 nitrogen and oxygen atoms in total. The molecule has 88 valence electrons. The zero-order chi connectivity index (χ0) is 11.5. The van der Waals surface area contributed by atoms with E-state index in [1.807, 2.05) is 11.0 Å². The summed E-state index contributed by atoms with van der Waals surface area (Å²) in [5, 5.41) is 0. The van der Waals surface area contributed by atoms with Crippen LogP contribution >= 0.6 is 0 Å². The van der Waals surface area contributed by atoms with Crippen molar-refractivity contribution in [2.45, 2.75) is 0 Å². The molecule has 0 rings (SSSR count). The maximum Gasteiger partial charge on any atom is 0.336 e. The SMILES string of the molecule is NC(=O)NOCCOCCONC(N)=O. The third-order valence-corrected chi connectivity index (χ3v) is 1.00. The predicted molar refractivity (Wildman–Crippen MR) is 48.2 cm³/mol. The summed E-state index contributed by atoms with van der Waals surface area (Å²) in [5.74, 6) is 0. The Bertz CT molecular complexity index is 180. The topological polar surface area (TPSA) is 138 Å². The van der Waals surface area contributed by atoms with Crippen LogP contribution in [0.25, 0.3) is 0 Å². The highest BCUT2D eigenvalue weighted by molar-refractivity contribution is 5.70. The van der Waals surface area contributed by atoms with E-state index in [9.17, 15) is 9.59 Å². The fraction of sp³-hybridized carbons (Fsp3) is 0.667. The van der Waals surface area contributed by atoms with Gasteiger partial charge in [0.1, 0.15) is 0 Å². The first kappa shape index (κ1) is 13.4. The maximum atomic E-state index is 10.1. The number of hydrogen-bond acceptors (Lipinski definition) is 5. The summed E-state index contributed by atoms with van der Waals surface area (Å²) in [6.07, 6.45) is 0. The van der Waals surface area contributed by atoms with Crippen molar-refractivity contribution in [3.63, 3.8) is 0 Å². The molecule has 4 amide bonds. The number of ether oxygens (including phenoxy) is 1.